The van der Waals surface area contributed by atoms with Crippen molar-refractivity contribution in [2.75, 3.05) is 6.54 Å². The Balaban J connectivity index is 2.28. The zero-order valence-electron chi connectivity index (χ0n) is 9.40. The molecule has 1 amide bonds. The van der Waals surface area contributed by atoms with Crippen molar-refractivity contribution in [2.45, 2.75) is 32.8 Å². The second-order valence-corrected chi connectivity index (χ2v) is 4.11. The molecule has 2 N–H and O–H groups in total. The van der Waals surface area contributed by atoms with E-state index in [0.29, 0.717) is 12.5 Å². The molecule has 16 heavy (non-hydrogen) atoms. The Morgan fingerprint density at radius 2 is 2.31 bits per heavy atom. The number of oxime groups is 1. The van der Waals surface area contributed by atoms with Crippen LogP contribution in [0.5, 0.6) is 0 Å². The summed E-state index contributed by atoms with van der Waals surface area (Å²) < 4.78 is 0. The van der Waals surface area contributed by atoms with E-state index < -0.39 is 12.1 Å². The van der Waals surface area contributed by atoms with Gasteiger partial charge < -0.3 is 15.3 Å². The minimum atomic E-state index is -1.14. The first-order chi connectivity index (χ1) is 7.50. The van der Waals surface area contributed by atoms with Gasteiger partial charge in [0.05, 0.1) is 0 Å². The van der Waals surface area contributed by atoms with Crippen molar-refractivity contribution in [3.8, 4) is 0 Å². The second kappa shape index (κ2) is 5.48. The lowest BCUT2D eigenvalue weighted by Gasteiger charge is -2.10. The molecule has 0 aromatic heterocycles. The third-order valence-corrected chi connectivity index (χ3v) is 2.23. The summed E-state index contributed by atoms with van der Waals surface area (Å²) in [5.41, 5.74) is -0.107. The van der Waals surface area contributed by atoms with Crippen LogP contribution in [0.4, 0.5) is 0 Å². The van der Waals surface area contributed by atoms with E-state index in [4.69, 9.17) is 9.94 Å². The van der Waals surface area contributed by atoms with Crippen LogP contribution in [0.25, 0.3) is 0 Å². The molecule has 1 heterocycles. The molecule has 1 aliphatic rings. The van der Waals surface area contributed by atoms with Crippen LogP contribution in [0, 0.1) is 5.92 Å². The Morgan fingerprint density at radius 1 is 1.62 bits per heavy atom. The monoisotopic (exact) mass is 228 g/mol. The number of rotatable bonds is 5. The number of nitrogens with zero attached hydrogens (tertiary/aromatic N) is 1. The Kier molecular flexibility index (Phi) is 4.28. The molecule has 1 rings (SSSR count). The normalized spacial score (nSPS) is 19.2. The maximum atomic E-state index is 11.5. The van der Waals surface area contributed by atoms with Crippen molar-refractivity contribution in [3.63, 3.8) is 0 Å². The number of carbonyl (C=O) groups is 2. The van der Waals surface area contributed by atoms with Crippen molar-refractivity contribution in [3.05, 3.63) is 0 Å². The first-order valence-electron chi connectivity index (χ1n) is 5.24. The minimum Gasteiger partial charge on any atom is -0.477 e. The summed E-state index contributed by atoms with van der Waals surface area (Å²) in [6.07, 6.45) is 0.117. The summed E-state index contributed by atoms with van der Waals surface area (Å²) in [5, 5.41) is 14.6. The van der Waals surface area contributed by atoms with Crippen molar-refractivity contribution < 1.29 is 19.5 Å². The van der Waals surface area contributed by atoms with Crippen molar-refractivity contribution in [2.24, 2.45) is 11.1 Å². The van der Waals surface area contributed by atoms with E-state index in [1.807, 2.05) is 0 Å². The zero-order chi connectivity index (χ0) is 12.1. The molecular weight excluding hydrogens is 212 g/mol. The van der Waals surface area contributed by atoms with Crippen LogP contribution in [-0.4, -0.2) is 35.3 Å². The predicted octanol–water partition coefficient (Wildman–Crippen LogP) is 0.378. The van der Waals surface area contributed by atoms with Crippen LogP contribution in [0.2, 0.25) is 0 Å². The molecular formula is C10H16N2O4. The highest BCUT2D eigenvalue weighted by molar-refractivity contribution is 6.36. The molecule has 0 spiro atoms. The first-order valence-corrected chi connectivity index (χ1v) is 5.24. The number of hydrogen-bond acceptors (Lipinski definition) is 4. The molecule has 1 atom stereocenters. The van der Waals surface area contributed by atoms with E-state index in [1.54, 1.807) is 0 Å². The van der Waals surface area contributed by atoms with E-state index in [0.717, 1.165) is 6.42 Å². The fourth-order valence-corrected chi connectivity index (χ4v) is 1.24. The Bertz CT molecular complexity index is 312. The molecule has 0 aromatic rings. The Labute approximate surface area is 93.6 Å². The molecule has 6 nitrogen and oxygen atoms in total. The maximum absolute atomic E-state index is 11.5. The SMILES string of the molecule is CC(C)CCNC(=O)C1CC(C(=O)O)=NO1. The van der Waals surface area contributed by atoms with Gasteiger partial charge in [0.2, 0.25) is 6.10 Å². The zero-order valence-corrected chi connectivity index (χ0v) is 9.40. The highest BCUT2D eigenvalue weighted by Gasteiger charge is 2.31. The summed E-state index contributed by atoms with van der Waals surface area (Å²) in [5.74, 6) is -0.936. The predicted molar refractivity (Wildman–Crippen MR) is 57.0 cm³/mol. The van der Waals surface area contributed by atoms with Gasteiger partial charge in [-0.05, 0) is 12.3 Å². The minimum absolute atomic E-state index is 0.0306. The van der Waals surface area contributed by atoms with E-state index >= 15 is 0 Å². The molecule has 0 saturated carbocycles. The van der Waals surface area contributed by atoms with Crippen LogP contribution < -0.4 is 5.32 Å². The molecule has 6 heteroatoms. The number of amides is 1. The lowest BCUT2D eigenvalue weighted by Crippen LogP contribution is -2.36. The average Bonchev–Trinajstić information content (AvgIpc) is 2.65. The van der Waals surface area contributed by atoms with Gasteiger partial charge >= 0.3 is 5.97 Å². The molecule has 90 valence electrons. The second-order valence-electron chi connectivity index (χ2n) is 4.11. The van der Waals surface area contributed by atoms with Crippen LogP contribution >= 0.6 is 0 Å². The number of aliphatic carboxylic acids is 1. The van der Waals surface area contributed by atoms with Crippen molar-refractivity contribution in [1.82, 2.24) is 5.32 Å². The Morgan fingerprint density at radius 3 is 2.81 bits per heavy atom. The highest BCUT2D eigenvalue weighted by Crippen LogP contribution is 2.10. The number of carbonyl (C=O) groups excluding carboxylic acids is 1. The standard InChI is InChI=1S/C10H16N2O4/c1-6(2)3-4-11-9(13)8-5-7(10(14)15)12-16-8/h6,8H,3-5H2,1-2H3,(H,11,13)(H,14,15). The van der Waals surface area contributed by atoms with Gasteiger partial charge in [-0.1, -0.05) is 19.0 Å². The van der Waals surface area contributed by atoms with E-state index in [9.17, 15) is 9.59 Å². The Hall–Kier alpha value is -1.59. The first kappa shape index (κ1) is 12.5. The summed E-state index contributed by atoms with van der Waals surface area (Å²) in [7, 11) is 0. The molecule has 0 aliphatic carbocycles. The molecule has 0 aromatic carbocycles. The largest absolute Gasteiger partial charge is 0.477 e. The lowest BCUT2D eigenvalue weighted by atomic mass is 10.1. The van der Waals surface area contributed by atoms with Crippen LogP contribution in [0.3, 0.4) is 0 Å². The van der Waals surface area contributed by atoms with Gasteiger partial charge in [-0.15, -0.1) is 0 Å². The summed E-state index contributed by atoms with van der Waals surface area (Å²) >= 11 is 0. The van der Waals surface area contributed by atoms with Gasteiger partial charge in [0, 0.05) is 13.0 Å². The van der Waals surface area contributed by atoms with Crippen molar-refractivity contribution in [1.29, 1.82) is 0 Å². The summed E-state index contributed by atoms with van der Waals surface area (Å²) in [6.45, 7) is 4.69. The van der Waals surface area contributed by atoms with E-state index in [1.165, 1.54) is 0 Å². The highest BCUT2D eigenvalue weighted by atomic mass is 16.6. The van der Waals surface area contributed by atoms with Gasteiger partial charge in [0.25, 0.3) is 5.91 Å². The molecule has 0 bridgehead atoms. The molecule has 1 aliphatic heterocycles. The van der Waals surface area contributed by atoms with Crippen molar-refractivity contribution >= 4 is 17.6 Å². The van der Waals surface area contributed by atoms with E-state index in [-0.39, 0.29) is 18.0 Å². The number of carboxylic acids is 1. The number of hydrogen-bond donors (Lipinski definition) is 2. The van der Waals surface area contributed by atoms with Gasteiger partial charge in [-0.3, -0.25) is 4.79 Å². The van der Waals surface area contributed by atoms with Crippen LogP contribution in [-0.2, 0) is 14.4 Å². The fourth-order valence-electron chi connectivity index (χ4n) is 1.24. The van der Waals surface area contributed by atoms with Gasteiger partial charge in [-0.2, -0.15) is 0 Å². The maximum Gasteiger partial charge on any atom is 0.353 e. The quantitative estimate of drug-likeness (QED) is 0.712. The number of carboxylic acid groups (broad SMARTS) is 1. The topological polar surface area (TPSA) is 88.0 Å². The molecule has 0 fully saturated rings. The molecule has 0 radical (unpaired) electrons. The smallest absolute Gasteiger partial charge is 0.353 e. The summed E-state index contributed by atoms with van der Waals surface area (Å²) in [6, 6.07) is 0. The number of nitrogens with one attached hydrogen (secondary N) is 1. The average molecular weight is 228 g/mol. The lowest BCUT2D eigenvalue weighted by molar-refractivity contribution is -0.131. The molecule has 0 saturated heterocycles. The summed E-state index contributed by atoms with van der Waals surface area (Å²) in [4.78, 5) is 26.8. The van der Waals surface area contributed by atoms with Gasteiger partial charge in [0.15, 0.2) is 5.71 Å². The van der Waals surface area contributed by atoms with Gasteiger partial charge in [-0.25, -0.2) is 4.79 Å². The van der Waals surface area contributed by atoms with Crippen LogP contribution in [0.15, 0.2) is 5.16 Å². The molecule has 1 unspecified atom stereocenters. The third kappa shape index (κ3) is 3.52. The van der Waals surface area contributed by atoms with Crippen LogP contribution in [0.1, 0.15) is 26.7 Å². The third-order valence-electron chi connectivity index (χ3n) is 2.23. The van der Waals surface area contributed by atoms with E-state index in [2.05, 4.69) is 24.3 Å². The van der Waals surface area contributed by atoms with Gasteiger partial charge in [0.1, 0.15) is 0 Å². The fraction of sp³-hybridized carbons (Fsp3) is 0.700.